The van der Waals surface area contributed by atoms with Crippen LogP contribution >= 0.6 is 22.7 Å². The number of Topliss-reactive ketones (excluding diaryl/α,β-unsaturated/α-hetero) is 1. The number of anilines is 1. The standard InChI is InChI=1S/C14H10N2O2S2/c1-8(17)11-4-5-13(20-11)14(18)16-9-2-3-12-10(6-9)15-7-19-12/h2-7H,1H3,(H,16,18). The number of nitrogens with one attached hydrogen (secondary N) is 1. The van der Waals surface area contributed by atoms with E-state index in [1.54, 1.807) is 29.0 Å². The van der Waals surface area contributed by atoms with E-state index < -0.39 is 0 Å². The van der Waals surface area contributed by atoms with Gasteiger partial charge in [-0.15, -0.1) is 22.7 Å². The molecule has 0 aliphatic heterocycles. The number of amides is 1. The van der Waals surface area contributed by atoms with E-state index >= 15 is 0 Å². The van der Waals surface area contributed by atoms with Crippen molar-refractivity contribution in [2.24, 2.45) is 0 Å². The number of aromatic nitrogens is 1. The highest BCUT2D eigenvalue weighted by Crippen LogP contribution is 2.23. The molecule has 2 aromatic heterocycles. The molecule has 4 nitrogen and oxygen atoms in total. The number of fused-ring (bicyclic) bond motifs is 1. The van der Waals surface area contributed by atoms with Crippen LogP contribution in [0.4, 0.5) is 5.69 Å². The average Bonchev–Trinajstić information content (AvgIpc) is 3.07. The average molecular weight is 302 g/mol. The fraction of sp³-hybridized carbons (Fsp3) is 0.0714. The number of carbonyl (C=O) groups excluding carboxylic acids is 2. The Morgan fingerprint density at radius 3 is 2.70 bits per heavy atom. The van der Waals surface area contributed by atoms with Gasteiger partial charge in [0, 0.05) is 5.69 Å². The third kappa shape index (κ3) is 2.48. The van der Waals surface area contributed by atoms with E-state index in [2.05, 4.69) is 10.3 Å². The maximum atomic E-state index is 12.1. The van der Waals surface area contributed by atoms with E-state index in [9.17, 15) is 9.59 Å². The van der Waals surface area contributed by atoms with Gasteiger partial charge in [0.15, 0.2) is 5.78 Å². The van der Waals surface area contributed by atoms with Crippen LogP contribution < -0.4 is 5.32 Å². The van der Waals surface area contributed by atoms with Crippen LogP contribution in [0.5, 0.6) is 0 Å². The number of carbonyl (C=O) groups is 2. The Morgan fingerprint density at radius 1 is 1.15 bits per heavy atom. The minimum atomic E-state index is -0.211. The molecule has 6 heteroatoms. The third-order valence-electron chi connectivity index (χ3n) is 2.77. The SMILES string of the molecule is CC(=O)c1ccc(C(=O)Nc2ccc3scnc3c2)s1. The zero-order valence-corrected chi connectivity index (χ0v) is 12.2. The van der Waals surface area contributed by atoms with E-state index in [1.807, 2.05) is 18.2 Å². The molecule has 3 rings (SSSR count). The fourth-order valence-corrected chi connectivity index (χ4v) is 3.23. The van der Waals surface area contributed by atoms with Crippen molar-refractivity contribution in [3.63, 3.8) is 0 Å². The quantitative estimate of drug-likeness (QED) is 0.748. The summed E-state index contributed by atoms with van der Waals surface area (Å²) in [6.45, 7) is 1.49. The second-order valence-electron chi connectivity index (χ2n) is 4.21. The summed E-state index contributed by atoms with van der Waals surface area (Å²) in [6.07, 6.45) is 0. The highest BCUT2D eigenvalue weighted by atomic mass is 32.1. The first-order valence-corrected chi connectivity index (χ1v) is 7.58. The normalized spacial score (nSPS) is 10.7. The first-order chi connectivity index (χ1) is 9.63. The van der Waals surface area contributed by atoms with Crippen LogP contribution in [0.15, 0.2) is 35.8 Å². The Labute approximate surface area is 123 Å². The highest BCUT2D eigenvalue weighted by molar-refractivity contribution is 7.16. The lowest BCUT2D eigenvalue weighted by Crippen LogP contribution is -2.09. The lowest BCUT2D eigenvalue weighted by molar-refractivity contribution is 0.101. The third-order valence-corrected chi connectivity index (χ3v) is 4.76. The van der Waals surface area contributed by atoms with Crippen LogP contribution in [-0.2, 0) is 0 Å². The van der Waals surface area contributed by atoms with Gasteiger partial charge in [-0.1, -0.05) is 0 Å². The molecule has 0 aliphatic carbocycles. The molecule has 2 heterocycles. The lowest BCUT2D eigenvalue weighted by atomic mass is 10.3. The van der Waals surface area contributed by atoms with Crippen molar-refractivity contribution in [2.75, 3.05) is 5.32 Å². The molecule has 0 spiro atoms. The molecule has 0 aliphatic rings. The van der Waals surface area contributed by atoms with Gasteiger partial charge in [0.2, 0.25) is 0 Å². The summed E-state index contributed by atoms with van der Waals surface area (Å²) in [5, 5.41) is 2.82. The van der Waals surface area contributed by atoms with Gasteiger partial charge in [0.25, 0.3) is 5.91 Å². The van der Waals surface area contributed by atoms with Gasteiger partial charge in [0.05, 0.1) is 25.5 Å². The van der Waals surface area contributed by atoms with Gasteiger partial charge in [-0.25, -0.2) is 4.98 Å². The number of ketones is 1. The molecule has 0 atom stereocenters. The zero-order chi connectivity index (χ0) is 14.1. The van der Waals surface area contributed by atoms with Crippen LogP contribution in [0.1, 0.15) is 26.3 Å². The minimum absolute atomic E-state index is 0.0297. The first-order valence-electron chi connectivity index (χ1n) is 5.89. The number of hydrogen-bond donors (Lipinski definition) is 1. The van der Waals surface area contributed by atoms with Crippen molar-refractivity contribution in [1.82, 2.24) is 4.98 Å². The highest BCUT2D eigenvalue weighted by Gasteiger charge is 2.12. The van der Waals surface area contributed by atoms with E-state index in [-0.39, 0.29) is 11.7 Å². The molecule has 0 saturated carbocycles. The Kier molecular flexibility index (Phi) is 3.33. The lowest BCUT2D eigenvalue weighted by Gasteiger charge is -2.03. The molecule has 0 unspecified atom stereocenters. The molecule has 1 aromatic carbocycles. The topological polar surface area (TPSA) is 59.1 Å². The van der Waals surface area contributed by atoms with Gasteiger partial charge in [-0.2, -0.15) is 0 Å². The van der Waals surface area contributed by atoms with E-state index in [0.29, 0.717) is 15.4 Å². The number of hydrogen-bond acceptors (Lipinski definition) is 5. The van der Waals surface area contributed by atoms with Crippen molar-refractivity contribution in [3.8, 4) is 0 Å². The maximum absolute atomic E-state index is 12.1. The predicted octanol–water partition coefficient (Wildman–Crippen LogP) is 3.81. The van der Waals surface area contributed by atoms with Crippen LogP contribution in [0.3, 0.4) is 0 Å². The zero-order valence-electron chi connectivity index (χ0n) is 10.5. The number of thiophene rings is 1. The fourth-order valence-electron chi connectivity index (χ4n) is 1.78. The van der Waals surface area contributed by atoms with Gasteiger partial charge in [0.1, 0.15) is 0 Å². The minimum Gasteiger partial charge on any atom is -0.321 e. The largest absolute Gasteiger partial charge is 0.321 e. The Hall–Kier alpha value is -2.05. The van der Waals surface area contributed by atoms with Crippen molar-refractivity contribution in [3.05, 3.63) is 45.6 Å². The van der Waals surface area contributed by atoms with E-state index in [0.717, 1.165) is 10.2 Å². The number of nitrogens with zero attached hydrogens (tertiary/aromatic N) is 1. The van der Waals surface area contributed by atoms with Crippen molar-refractivity contribution < 1.29 is 9.59 Å². The number of rotatable bonds is 3. The molecular formula is C14H10N2O2S2. The monoisotopic (exact) mass is 302 g/mol. The summed E-state index contributed by atoms with van der Waals surface area (Å²) in [5.41, 5.74) is 3.34. The Balaban J connectivity index is 1.82. The molecule has 3 aromatic rings. The molecule has 0 saturated heterocycles. The van der Waals surface area contributed by atoms with Crippen LogP contribution in [0.25, 0.3) is 10.2 Å². The van der Waals surface area contributed by atoms with Gasteiger partial charge in [-0.05, 0) is 37.3 Å². The summed E-state index contributed by atoms with van der Waals surface area (Å²) in [5.74, 6) is -0.241. The molecule has 0 radical (unpaired) electrons. The van der Waals surface area contributed by atoms with Gasteiger partial charge in [-0.3, -0.25) is 9.59 Å². The van der Waals surface area contributed by atoms with Crippen LogP contribution in [0.2, 0.25) is 0 Å². The summed E-state index contributed by atoms with van der Waals surface area (Å²) >= 11 is 2.76. The second-order valence-corrected chi connectivity index (χ2v) is 6.18. The van der Waals surface area contributed by atoms with Crippen molar-refractivity contribution >= 4 is 50.3 Å². The van der Waals surface area contributed by atoms with Crippen molar-refractivity contribution in [2.45, 2.75) is 6.92 Å². The molecular weight excluding hydrogens is 292 g/mol. The van der Waals surface area contributed by atoms with E-state index in [1.165, 1.54) is 18.3 Å². The van der Waals surface area contributed by atoms with Crippen molar-refractivity contribution in [1.29, 1.82) is 0 Å². The Bertz CT molecular complexity index is 804. The van der Waals surface area contributed by atoms with Gasteiger partial charge < -0.3 is 5.32 Å². The first kappa shape index (κ1) is 13.0. The number of benzene rings is 1. The maximum Gasteiger partial charge on any atom is 0.265 e. The smallest absolute Gasteiger partial charge is 0.265 e. The summed E-state index contributed by atoms with van der Waals surface area (Å²) in [4.78, 5) is 28.6. The Morgan fingerprint density at radius 2 is 1.95 bits per heavy atom. The summed E-state index contributed by atoms with van der Waals surface area (Å²) < 4.78 is 1.08. The van der Waals surface area contributed by atoms with Crippen LogP contribution in [-0.4, -0.2) is 16.7 Å². The molecule has 1 amide bonds. The number of thiazole rings is 1. The molecule has 0 bridgehead atoms. The molecule has 0 fully saturated rings. The van der Waals surface area contributed by atoms with E-state index in [4.69, 9.17) is 0 Å². The molecule has 1 N–H and O–H groups in total. The van der Waals surface area contributed by atoms with Crippen LogP contribution in [0, 0.1) is 0 Å². The summed E-state index contributed by atoms with van der Waals surface area (Å²) in [6, 6.07) is 8.95. The molecule has 100 valence electrons. The second kappa shape index (κ2) is 5.15. The predicted molar refractivity (Wildman–Crippen MR) is 81.9 cm³/mol. The molecule has 20 heavy (non-hydrogen) atoms. The van der Waals surface area contributed by atoms with Gasteiger partial charge >= 0.3 is 0 Å². The summed E-state index contributed by atoms with van der Waals surface area (Å²) in [7, 11) is 0.